The number of amidine groups is 1. The molecule has 1 aliphatic heterocycles. The fourth-order valence-corrected chi connectivity index (χ4v) is 5.35. The summed E-state index contributed by atoms with van der Waals surface area (Å²) in [5.74, 6) is 0.381. The minimum atomic E-state index is -4.01. The van der Waals surface area contributed by atoms with Gasteiger partial charge in [0.25, 0.3) is 0 Å². The molecule has 12 nitrogen and oxygen atoms in total. The minimum Gasteiger partial charge on any atom is -0.354 e. The number of amides is 2. The number of anilines is 2. The minimum absolute atomic E-state index is 0.0600. The van der Waals surface area contributed by atoms with Crippen molar-refractivity contribution in [1.82, 2.24) is 9.80 Å². The summed E-state index contributed by atoms with van der Waals surface area (Å²) in [5, 5.41) is 24.5. The molecule has 1 heterocycles. The molecule has 4 rings (SSSR count). The number of nitrogens with one attached hydrogen (secondary N) is 3. The molecule has 0 radical (unpaired) electrons. The van der Waals surface area contributed by atoms with Crippen LogP contribution in [0.4, 0.5) is 16.2 Å². The molecule has 1 saturated heterocycles. The highest BCUT2D eigenvalue weighted by molar-refractivity contribution is 7.89. The van der Waals surface area contributed by atoms with E-state index in [2.05, 4.69) is 15.5 Å². The number of primary sulfonamides is 2. The van der Waals surface area contributed by atoms with Crippen LogP contribution in [0.2, 0.25) is 0 Å². The summed E-state index contributed by atoms with van der Waals surface area (Å²) in [6, 6.07) is 16.3. The zero-order valence-electron chi connectivity index (χ0n) is 21.8. The van der Waals surface area contributed by atoms with Gasteiger partial charge in [0.05, 0.1) is 9.79 Å². The van der Waals surface area contributed by atoms with Gasteiger partial charge in [-0.05, 0) is 67.1 Å². The second kappa shape index (κ2) is 11.7. The fraction of sp³-hybridized carbons (Fsp3) is 0.231. The number of urea groups is 1. The van der Waals surface area contributed by atoms with Gasteiger partial charge in [0.2, 0.25) is 20.0 Å². The number of hydrogen-bond donors (Lipinski definition) is 5. The van der Waals surface area contributed by atoms with Crippen molar-refractivity contribution in [3.8, 4) is 0 Å². The van der Waals surface area contributed by atoms with Gasteiger partial charge in [-0.2, -0.15) is 0 Å². The van der Waals surface area contributed by atoms with Gasteiger partial charge in [0.15, 0.2) is 0 Å². The van der Waals surface area contributed by atoms with Gasteiger partial charge in [-0.1, -0.05) is 24.3 Å². The van der Waals surface area contributed by atoms with Crippen molar-refractivity contribution in [2.45, 2.75) is 16.2 Å². The number of piperazine rings is 1. The highest BCUT2D eigenvalue weighted by atomic mass is 32.2. The fourth-order valence-electron chi connectivity index (χ4n) is 4.27. The van der Waals surface area contributed by atoms with E-state index in [1.54, 1.807) is 30.3 Å². The Bertz CT molecular complexity index is 1630. The van der Waals surface area contributed by atoms with Gasteiger partial charge in [0, 0.05) is 43.1 Å². The second-order valence-electron chi connectivity index (χ2n) is 9.53. The van der Waals surface area contributed by atoms with Crippen molar-refractivity contribution in [3.63, 3.8) is 0 Å². The first-order valence-corrected chi connectivity index (χ1v) is 15.4. The predicted octanol–water partition coefficient (Wildman–Crippen LogP) is 1.79. The molecule has 1 fully saturated rings. The van der Waals surface area contributed by atoms with Crippen molar-refractivity contribution in [1.29, 1.82) is 5.41 Å². The van der Waals surface area contributed by atoms with E-state index >= 15 is 0 Å². The van der Waals surface area contributed by atoms with Crippen molar-refractivity contribution in [3.05, 3.63) is 83.4 Å². The molecule has 0 aromatic heterocycles. The Kier molecular flexibility index (Phi) is 8.56. The van der Waals surface area contributed by atoms with Gasteiger partial charge in [-0.3, -0.25) is 5.41 Å². The Morgan fingerprint density at radius 2 is 1.48 bits per heavy atom. The lowest BCUT2D eigenvalue weighted by Gasteiger charge is -2.34. The SMILES string of the molecule is CN1CCN(C(=N)c2cccc(NC(=O)Nc3ccc(S(N)(=O)=O)cc3Cc3ccc(S(N)(=O)=O)cc3)c2)CC1. The lowest BCUT2D eigenvalue weighted by molar-refractivity contribution is 0.215. The summed E-state index contributed by atoms with van der Waals surface area (Å²) in [6.45, 7) is 3.22. The molecule has 0 unspecified atom stereocenters. The quantitative estimate of drug-likeness (QED) is 0.206. The van der Waals surface area contributed by atoms with Crippen LogP contribution in [0.15, 0.2) is 76.5 Å². The molecular weight excluding hydrogens is 554 g/mol. The Balaban J connectivity index is 1.52. The smallest absolute Gasteiger partial charge is 0.323 e. The summed E-state index contributed by atoms with van der Waals surface area (Å²) in [4.78, 5) is 16.9. The molecule has 0 atom stereocenters. The van der Waals surface area contributed by atoms with Crippen molar-refractivity contribution < 1.29 is 21.6 Å². The first-order chi connectivity index (χ1) is 18.8. The van der Waals surface area contributed by atoms with Crippen LogP contribution in [0.25, 0.3) is 0 Å². The van der Waals surface area contributed by atoms with E-state index in [1.807, 2.05) is 18.0 Å². The number of carbonyl (C=O) groups is 1. The number of nitrogens with zero attached hydrogens (tertiary/aromatic N) is 2. The Hall–Kier alpha value is -3.82. The molecule has 14 heteroatoms. The molecule has 40 heavy (non-hydrogen) atoms. The molecule has 1 aliphatic rings. The van der Waals surface area contributed by atoms with Gasteiger partial charge in [-0.25, -0.2) is 31.9 Å². The third-order valence-electron chi connectivity index (χ3n) is 6.51. The summed E-state index contributed by atoms with van der Waals surface area (Å²) < 4.78 is 47.0. The molecule has 0 spiro atoms. The largest absolute Gasteiger partial charge is 0.354 e. The zero-order valence-corrected chi connectivity index (χ0v) is 23.4. The number of nitrogens with two attached hydrogens (primary N) is 2. The van der Waals surface area contributed by atoms with E-state index in [-0.39, 0.29) is 16.2 Å². The Labute approximate surface area is 233 Å². The summed E-state index contributed by atoms with van der Waals surface area (Å²) in [7, 11) is -5.84. The standard InChI is InChI=1S/C26H31N7O5S2/c1-32-11-13-33(14-12-32)25(27)19-3-2-4-21(16-19)30-26(34)31-24-10-9-23(40(29,37)38)17-20(24)15-18-5-7-22(8-6-18)39(28,35)36/h2-10,16-17,27H,11-15H2,1H3,(H2,28,35,36)(H2,29,37,38)(H2,30,31,34). The molecule has 7 N–H and O–H groups in total. The predicted molar refractivity (Wildman–Crippen MR) is 153 cm³/mol. The van der Waals surface area contributed by atoms with E-state index in [0.717, 1.165) is 26.2 Å². The number of rotatable bonds is 7. The molecule has 3 aromatic rings. The average Bonchev–Trinajstić information content (AvgIpc) is 2.89. The van der Waals surface area contributed by atoms with Crippen LogP contribution in [-0.4, -0.2) is 71.7 Å². The molecular formula is C26H31N7O5S2. The highest BCUT2D eigenvalue weighted by Crippen LogP contribution is 2.24. The van der Waals surface area contributed by atoms with Crippen LogP contribution in [-0.2, 0) is 26.5 Å². The summed E-state index contributed by atoms with van der Waals surface area (Å²) >= 11 is 0. The number of benzene rings is 3. The maximum absolute atomic E-state index is 12.9. The molecule has 212 valence electrons. The van der Waals surface area contributed by atoms with Gasteiger partial charge >= 0.3 is 6.03 Å². The van der Waals surface area contributed by atoms with E-state index in [4.69, 9.17) is 15.7 Å². The maximum Gasteiger partial charge on any atom is 0.323 e. The van der Waals surface area contributed by atoms with Crippen molar-refractivity contribution in [2.75, 3.05) is 43.9 Å². The normalized spacial score (nSPS) is 14.5. The van der Waals surface area contributed by atoms with Crippen LogP contribution in [0.1, 0.15) is 16.7 Å². The number of carbonyl (C=O) groups excluding carboxylic acids is 1. The van der Waals surface area contributed by atoms with Crippen LogP contribution >= 0.6 is 0 Å². The van der Waals surface area contributed by atoms with Crippen LogP contribution < -0.4 is 20.9 Å². The number of hydrogen-bond acceptors (Lipinski definition) is 7. The molecule has 0 saturated carbocycles. The van der Waals surface area contributed by atoms with E-state index < -0.39 is 26.1 Å². The first kappa shape index (κ1) is 29.2. The summed E-state index contributed by atoms with van der Waals surface area (Å²) in [6.07, 6.45) is 0.168. The Morgan fingerprint density at radius 3 is 2.10 bits per heavy atom. The van der Waals surface area contributed by atoms with E-state index in [1.165, 1.54) is 30.3 Å². The lowest BCUT2D eigenvalue weighted by atomic mass is 10.0. The van der Waals surface area contributed by atoms with E-state index in [0.29, 0.717) is 33.9 Å². The molecule has 3 aromatic carbocycles. The molecule has 2 amide bonds. The van der Waals surface area contributed by atoms with E-state index in [9.17, 15) is 21.6 Å². The highest BCUT2D eigenvalue weighted by Gasteiger charge is 2.19. The average molecular weight is 586 g/mol. The van der Waals surface area contributed by atoms with Crippen LogP contribution in [0, 0.1) is 5.41 Å². The van der Waals surface area contributed by atoms with Gasteiger partial charge < -0.3 is 20.4 Å². The second-order valence-corrected chi connectivity index (χ2v) is 12.7. The molecule has 0 bridgehead atoms. The lowest BCUT2D eigenvalue weighted by Crippen LogP contribution is -2.47. The van der Waals surface area contributed by atoms with Gasteiger partial charge in [-0.15, -0.1) is 0 Å². The van der Waals surface area contributed by atoms with Crippen molar-refractivity contribution in [2.24, 2.45) is 10.3 Å². The maximum atomic E-state index is 12.9. The first-order valence-electron chi connectivity index (χ1n) is 12.3. The molecule has 0 aliphatic carbocycles. The third-order valence-corrected chi connectivity index (χ3v) is 8.35. The topological polar surface area (TPSA) is 192 Å². The zero-order chi connectivity index (χ0) is 29.1. The Morgan fingerprint density at radius 1 is 0.850 bits per heavy atom. The third kappa shape index (κ3) is 7.43. The van der Waals surface area contributed by atoms with Crippen LogP contribution in [0.3, 0.4) is 0 Å². The van der Waals surface area contributed by atoms with Crippen LogP contribution in [0.5, 0.6) is 0 Å². The van der Waals surface area contributed by atoms with Gasteiger partial charge in [0.1, 0.15) is 5.84 Å². The number of likely N-dealkylation sites (N-methyl/N-ethyl adjacent to an activating group) is 1. The monoisotopic (exact) mass is 585 g/mol. The summed E-state index contributed by atoms with van der Waals surface area (Å²) in [5.41, 5.74) is 2.58. The van der Waals surface area contributed by atoms with Crippen molar-refractivity contribution >= 4 is 43.3 Å². The number of sulfonamides is 2.